The maximum atomic E-state index is 6.03. The molecule has 1 aliphatic rings. The Morgan fingerprint density at radius 1 is 0.490 bits per heavy atom. The quantitative estimate of drug-likeness (QED) is 0.178. The zero-order valence-corrected chi connectivity index (χ0v) is 28.0. The molecule has 8 aromatic carbocycles. The predicted molar refractivity (Wildman–Crippen MR) is 213 cm³/mol. The molecular formula is C48H34N2O. The summed E-state index contributed by atoms with van der Waals surface area (Å²) in [5.74, 6) is 0.974. The lowest BCUT2D eigenvalue weighted by Crippen LogP contribution is -2.11. The summed E-state index contributed by atoms with van der Waals surface area (Å²) in [6.07, 6.45) is 0.890. The van der Waals surface area contributed by atoms with Gasteiger partial charge in [0.05, 0.1) is 23.3 Å². The van der Waals surface area contributed by atoms with Gasteiger partial charge in [-0.3, -0.25) is 0 Å². The highest BCUT2D eigenvalue weighted by molar-refractivity contribution is 6.13. The van der Waals surface area contributed by atoms with Crippen LogP contribution < -0.4 is 9.64 Å². The van der Waals surface area contributed by atoms with Gasteiger partial charge in [-0.25, -0.2) is 0 Å². The van der Waals surface area contributed by atoms with Crippen LogP contribution in [-0.2, 0) is 6.42 Å². The molecule has 51 heavy (non-hydrogen) atoms. The molecule has 0 saturated heterocycles. The van der Waals surface area contributed by atoms with Gasteiger partial charge >= 0.3 is 0 Å². The molecule has 1 aromatic heterocycles. The van der Waals surface area contributed by atoms with Gasteiger partial charge in [0.15, 0.2) is 0 Å². The average Bonchev–Trinajstić information content (AvgIpc) is 3.82. The molecule has 10 rings (SSSR count). The first-order valence-electron chi connectivity index (χ1n) is 17.6. The summed E-state index contributed by atoms with van der Waals surface area (Å²) in [7, 11) is 0. The maximum absolute atomic E-state index is 6.03. The van der Waals surface area contributed by atoms with Gasteiger partial charge < -0.3 is 14.2 Å². The summed E-state index contributed by atoms with van der Waals surface area (Å²) >= 11 is 0. The van der Waals surface area contributed by atoms with E-state index in [2.05, 4.69) is 191 Å². The summed E-state index contributed by atoms with van der Waals surface area (Å²) in [5.41, 5.74) is 13.0. The lowest BCUT2D eigenvalue weighted by Gasteiger charge is -2.27. The van der Waals surface area contributed by atoms with E-state index in [1.165, 1.54) is 60.4 Å². The van der Waals surface area contributed by atoms with E-state index in [0.717, 1.165) is 34.9 Å². The molecule has 242 valence electrons. The SMILES string of the molecule is c1ccc(-n2c3ccccc3c3cccc(-c4ccc(N(c5ccc(-c6ccc7ccccc7c6)cc5)c5cccc6c5CCO6)cc4)c32)cc1. The molecular weight excluding hydrogens is 621 g/mol. The summed E-state index contributed by atoms with van der Waals surface area (Å²) in [6, 6.07) is 65.8. The molecule has 1 aliphatic heterocycles. The van der Waals surface area contributed by atoms with Crippen molar-refractivity contribution < 1.29 is 4.74 Å². The second kappa shape index (κ2) is 12.1. The highest BCUT2D eigenvalue weighted by Crippen LogP contribution is 2.44. The second-order valence-electron chi connectivity index (χ2n) is 13.2. The molecule has 9 aromatic rings. The number of rotatable bonds is 6. The van der Waals surface area contributed by atoms with Crippen molar-refractivity contribution in [3.05, 3.63) is 188 Å². The Kier molecular flexibility index (Phi) is 6.95. The summed E-state index contributed by atoms with van der Waals surface area (Å²) in [4.78, 5) is 2.38. The van der Waals surface area contributed by atoms with Crippen molar-refractivity contribution in [1.82, 2.24) is 4.57 Å². The Bertz CT molecular complexity index is 2710. The minimum Gasteiger partial charge on any atom is -0.493 e. The fraction of sp³-hybridized carbons (Fsp3) is 0.0417. The van der Waals surface area contributed by atoms with Crippen LogP contribution in [0, 0.1) is 0 Å². The fourth-order valence-corrected chi connectivity index (χ4v) is 7.90. The van der Waals surface area contributed by atoms with Crippen LogP contribution in [-0.4, -0.2) is 11.2 Å². The maximum Gasteiger partial charge on any atom is 0.124 e. The molecule has 3 nitrogen and oxygen atoms in total. The molecule has 0 atom stereocenters. The van der Waals surface area contributed by atoms with Crippen molar-refractivity contribution in [3.63, 3.8) is 0 Å². The average molecular weight is 655 g/mol. The standard InChI is InChI=1S/C48H34N2O/c1-2-12-38(13-3-1)50-45-17-7-6-14-42(45)43-16-8-15-41(48(43)50)35-24-28-40(29-25-35)49(46-18-9-19-47-44(46)30-31-51-47)39-26-22-34(23-27-39)37-21-20-33-10-4-5-11-36(33)32-37/h1-29,32H,30-31H2. The van der Waals surface area contributed by atoms with Crippen LogP contribution in [0.5, 0.6) is 5.75 Å². The first kappa shape index (κ1) is 29.3. The van der Waals surface area contributed by atoms with Crippen LogP contribution in [0.4, 0.5) is 17.1 Å². The highest BCUT2D eigenvalue weighted by atomic mass is 16.5. The smallest absolute Gasteiger partial charge is 0.124 e. The molecule has 0 aliphatic carbocycles. The lowest BCUT2D eigenvalue weighted by atomic mass is 10.00. The van der Waals surface area contributed by atoms with E-state index in [-0.39, 0.29) is 0 Å². The van der Waals surface area contributed by atoms with E-state index in [0.29, 0.717) is 6.61 Å². The first-order chi connectivity index (χ1) is 25.3. The van der Waals surface area contributed by atoms with E-state index in [1.54, 1.807) is 0 Å². The first-order valence-corrected chi connectivity index (χ1v) is 17.6. The van der Waals surface area contributed by atoms with Crippen molar-refractivity contribution in [2.24, 2.45) is 0 Å². The number of benzene rings is 8. The molecule has 3 heteroatoms. The number of para-hydroxylation sites is 3. The Morgan fingerprint density at radius 2 is 1.16 bits per heavy atom. The van der Waals surface area contributed by atoms with Gasteiger partial charge in [-0.05, 0) is 88.1 Å². The molecule has 0 bridgehead atoms. The number of fused-ring (bicyclic) bond motifs is 5. The Morgan fingerprint density at radius 3 is 1.98 bits per heavy atom. The van der Waals surface area contributed by atoms with Crippen LogP contribution in [0.15, 0.2) is 182 Å². The van der Waals surface area contributed by atoms with E-state index in [9.17, 15) is 0 Å². The van der Waals surface area contributed by atoms with Crippen molar-refractivity contribution in [3.8, 4) is 33.7 Å². The van der Waals surface area contributed by atoms with Gasteiger partial charge in [-0.2, -0.15) is 0 Å². The van der Waals surface area contributed by atoms with Gasteiger partial charge in [0.1, 0.15) is 5.75 Å². The number of nitrogens with zero attached hydrogens (tertiary/aromatic N) is 2. The topological polar surface area (TPSA) is 17.4 Å². The van der Waals surface area contributed by atoms with Crippen molar-refractivity contribution in [2.75, 3.05) is 11.5 Å². The van der Waals surface area contributed by atoms with Crippen molar-refractivity contribution in [1.29, 1.82) is 0 Å². The number of aromatic nitrogens is 1. The van der Waals surface area contributed by atoms with Gasteiger partial charge in [0.2, 0.25) is 0 Å². The number of ether oxygens (including phenoxy) is 1. The predicted octanol–water partition coefficient (Wildman–Crippen LogP) is 12.7. The molecule has 0 unspecified atom stereocenters. The molecule has 0 amide bonds. The third-order valence-corrected chi connectivity index (χ3v) is 10.3. The Labute approximate surface area is 297 Å². The van der Waals surface area contributed by atoms with Crippen LogP contribution in [0.25, 0.3) is 60.5 Å². The lowest BCUT2D eigenvalue weighted by molar-refractivity contribution is 0.357. The molecule has 0 N–H and O–H groups in total. The van der Waals surface area contributed by atoms with E-state index in [4.69, 9.17) is 4.74 Å². The molecule has 2 heterocycles. The van der Waals surface area contributed by atoms with Crippen LogP contribution in [0.3, 0.4) is 0 Å². The number of hydrogen-bond donors (Lipinski definition) is 0. The Balaban J connectivity index is 1.09. The number of hydrogen-bond acceptors (Lipinski definition) is 2. The molecule has 0 saturated carbocycles. The van der Waals surface area contributed by atoms with Crippen LogP contribution >= 0.6 is 0 Å². The van der Waals surface area contributed by atoms with Crippen LogP contribution in [0.1, 0.15) is 5.56 Å². The van der Waals surface area contributed by atoms with E-state index >= 15 is 0 Å². The zero-order valence-electron chi connectivity index (χ0n) is 28.0. The second-order valence-corrected chi connectivity index (χ2v) is 13.2. The van der Waals surface area contributed by atoms with Gasteiger partial charge in [-0.15, -0.1) is 0 Å². The van der Waals surface area contributed by atoms with E-state index < -0.39 is 0 Å². The monoisotopic (exact) mass is 654 g/mol. The summed E-state index contributed by atoms with van der Waals surface area (Å²) in [5, 5.41) is 5.02. The minimum atomic E-state index is 0.708. The summed E-state index contributed by atoms with van der Waals surface area (Å²) < 4.78 is 8.44. The third-order valence-electron chi connectivity index (χ3n) is 10.3. The third kappa shape index (κ3) is 4.97. The van der Waals surface area contributed by atoms with Gasteiger partial charge in [-0.1, -0.05) is 121 Å². The van der Waals surface area contributed by atoms with E-state index in [1.807, 2.05) is 0 Å². The molecule has 0 radical (unpaired) electrons. The Hall–Kier alpha value is -6.58. The van der Waals surface area contributed by atoms with Gasteiger partial charge in [0, 0.05) is 45.4 Å². The molecule has 0 fully saturated rings. The largest absolute Gasteiger partial charge is 0.493 e. The zero-order chi connectivity index (χ0) is 33.7. The van der Waals surface area contributed by atoms with Crippen molar-refractivity contribution >= 4 is 49.6 Å². The fourth-order valence-electron chi connectivity index (χ4n) is 7.90. The van der Waals surface area contributed by atoms with Crippen molar-refractivity contribution in [2.45, 2.75) is 6.42 Å². The number of anilines is 3. The minimum absolute atomic E-state index is 0.708. The van der Waals surface area contributed by atoms with Gasteiger partial charge in [0.25, 0.3) is 0 Å². The highest BCUT2D eigenvalue weighted by Gasteiger charge is 2.23. The molecule has 0 spiro atoms. The summed E-state index contributed by atoms with van der Waals surface area (Å²) in [6.45, 7) is 0.708. The normalized spacial score (nSPS) is 12.3. The van der Waals surface area contributed by atoms with Crippen LogP contribution in [0.2, 0.25) is 0 Å².